The highest BCUT2D eigenvalue weighted by atomic mass is 79.9. The van der Waals surface area contributed by atoms with E-state index in [0.717, 1.165) is 23.2 Å². The van der Waals surface area contributed by atoms with Crippen LogP contribution in [0.3, 0.4) is 0 Å². The standard InChI is InChI=1S/C11H13BrFN/c1-7-4-9(5-7)14-11-6-8(12)2-3-10(11)13/h2-3,6-7,9,14H,4-5H2,1H3. The summed E-state index contributed by atoms with van der Waals surface area (Å²) >= 11 is 3.33. The molecule has 0 atom stereocenters. The Hall–Kier alpha value is -0.570. The zero-order valence-corrected chi connectivity index (χ0v) is 9.64. The van der Waals surface area contributed by atoms with Gasteiger partial charge in [0, 0.05) is 10.5 Å². The maximum Gasteiger partial charge on any atom is 0.146 e. The van der Waals surface area contributed by atoms with Crippen molar-refractivity contribution < 1.29 is 4.39 Å². The molecule has 1 aliphatic rings. The number of anilines is 1. The van der Waals surface area contributed by atoms with Crippen LogP contribution >= 0.6 is 15.9 Å². The summed E-state index contributed by atoms with van der Waals surface area (Å²) in [6.07, 6.45) is 2.29. The van der Waals surface area contributed by atoms with Crippen LogP contribution in [0.15, 0.2) is 22.7 Å². The molecule has 1 saturated carbocycles. The van der Waals surface area contributed by atoms with Gasteiger partial charge in [-0.05, 0) is 37.0 Å². The fraction of sp³-hybridized carbons (Fsp3) is 0.455. The van der Waals surface area contributed by atoms with Crippen molar-refractivity contribution in [1.82, 2.24) is 0 Å². The van der Waals surface area contributed by atoms with Crippen molar-refractivity contribution in [1.29, 1.82) is 0 Å². The Labute approximate surface area is 91.8 Å². The molecule has 1 aromatic carbocycles. The van der Waals surface area contributed by atoms with Gasteiger partial charge in [-0.1, -0.05) is 22.9 Å². The van der Waals surface area contributed by atoms with Gasteiger partial charge in [0.1, 0.15) is 5.82 Å². The molecule has 14 heavy (non-hydrogen) atoms. The molecule has 1 aromatic rings. The molecule has 0 aliphatic heterocycles. The predicted molar refractivity (Wildman–Crippen MR) is 59.9 cm³/mol. The van der Waals surface area contributed by atoms with Crippen molar-refractivity contribution in [2.45, 2.75) is 25.8 Å². The number of halogens is 2. The van der Waals surface area contributed by atoms with Gasteiger partial charge in [-0.3, -0.25) is 0 Å². The molecule has 0 saturated heterocycles. The first-order valence-corrected chi connectivity index (χ1v) is 5.66. The van der Waals surface area contributed by atoms with Crippen LogP contribution < -0.4 is 5.32 Å². The van der Waals surface area contributed by atoms with Crippen molar-refractivity contribution in [2.75, 3.05) is 5.32 Å². The molecule has 0 radical (unpaired) electrons. The number of nitrogens with one attached hydrogen (secondary N) is 1. The summed E-state index contributed by atoms with van der Waals surface area (Å²) in [5, 5.41) is 3.21. The van der Waals surface area contributed by atoms with Crippen LogP contribution in [0.1, 0.15) is 19.8 Å². The number of benzene rings is 1. The fourth-order valence-electron chi connectivity index (χ4n) is 1.85. The van der Waals surface area contributed by atoms with Gasteiger partial charge < -0.3 is 5.32 Å². The maximum absolute atomic E-state index is 13.3. The summed E-state index contributed by atoms with van der Waals surface area (Å²) in [5.41, 5.74) is 0.608. The first-order valence-electron chi connectivity index (χ1n) is 4.87. The molecule has 1 aliphatic carbocycles. The van der Waals surface area contributed by atoms with Gasteiger partial charge in [-0.15, -0.1) is 0 Å². The van der Waals surface area contributed by atoms with E-state index in [2.05, 4.69) is 28.2 Å². The van der Waals surface area contributed by atoms with E-state index in [1.165, 1.54) is 6.07 Å². The van der Waals surface area contributed by atoms with Gasteiger partial charge in [-0.2, -0.15) is 0 Å². The van der Waals surface area contributed by atoms with Crippen LogP contribution in [-0.2, 0) is 0 Å². The smallest absolute Gasteiger partial charge is 0.146 e. The second kappa shape index (κ2) is 3.89. The first-order chi connectivity index (χ1) is 6.65. The average molecular weight is 258 g/mol. The molecule has 1 nitrogen and oxygen atoms in total. The van der Waals surface area contributed by atoms with Crippen molar-refractivity contribution in [3.05, 3.63) is 28.5 Å². The van der Waals surface area contributed by atoms with E-state index in [-0.39, 0.29) is 5.82 Å². The largest absolute Gasteiger partial charge is 0.380 e. The third kappa shape index (κ3) is 2.08. The van der Waals surface area contributed by atoms with Gasteiger partial charge in [0.05, 0.1) is 5.69 Å². The third-order valence-electron chi connectivity index (χ3n) is 2.66. The summed E-state index contributed by atoms with van der Waals surface area (Å²) in [7, 11) is 0. The van der Waals surface area contributed by atoms with Crippen LogP contribution in [0, 0.1) is 11.7 Å². The molecule has 1 N–H and O–H groups in total. The molecule has 2 rings (SSSR count). The molecule has 1 fully saturated rings. The zero-order valence-electron chi connectivity index (χ0n) is 8.06. The minimum absolute atomic E-state index is 0.173. The van der Waals surface area contributed by atoms with E-state index in [9.17, 15) is 4.39 Å². The SMILES string of the molecule is CC1CC(Nc2cc(Br)ccc2F)C1. The average Bonchev–Trinajstić information content (AvgIpc) is 2.09. The van der Waals surface area contributed by atoms with Crippen LogP contribution in [0.4, 0.5) is 10.1 Å². The summed E-state index contributed by atoms with van der Waals surface area (Å²) in [6.45, 7) is 2.22. The van der Waals surface area contributed by atoms with Gasteiger partial charge >= 0.3 is 0 Å². The second-order valence-electron chi connectivity index (χ2n) is 4.04. The van der Waals surface area contributed by atoms with Crippen LogP contribution in [0.5, 0.6) is 0 Å². The van der Waals surface area contributed by atoms with E-state index in [4.69, 9.17) is 0 Å². The lowest BCUT2D eigenvalue weighted by atomic mass is 9.82. The molecule has 0 aromatic heterocycles. The Balaban J connectivity index is 2.05. The minimum atomic E-state index is -0.173. The van der Waals surface area contributed by atoms with Gasteiger partial charge in [-0.25, -0.2) is 4.39 Å². The highest BCUT2D eigenvalue weighted by Crippen LogP contribution is 2.31. The Morgan fingerprint density at radius 2 is 2.14 bits per heavy atom. The van der Waals surface area contributed by atoms with E-state index in [0.29, 0.717) is 11.7 Å². The Morgan fingerprint density at radius 3 is 2.79 bits per heavy atom. The zero-order chi connectivity index (χ0) is 10.1. The number of hydrogen-bond acceptors (Lipinski definition) is 1. The topological polar surface area (TPSA) is 12.0 Å². The van der Waals surface area contributed by atoms with Crippen molar-refractivity contribution >= 4 is 21.6 Å². The maximum atomic E-state index is 13.3. The van der Waals surface area contributed by atoms with Crippen LogP contribution in [-0.4, -0.2) is 6.04 Å². The second-order valence-corrected chi connectivity index (χ2v) is 4.96. The molecule has 0 heterocycles. The van der Waals surface area contributed by atoms with E-state index in [1.807, 2.05) is 0 Å². The number of hydrogen-bond donors (Lipinski definition) is 1. The lowest BCUT2D eigenvalue weighted by molar-refractivity contribution is 0.308. The Bertz CT molecular complexity index is 334. The predicted octanol–water partition coefficient (Wildman–Crippen LogP) is 3.80. The van der Waals surface area contributed by atoms with Crippen molar-refractivity contribution in [3.63, 3.8) is 0 Å². The highest BCUT2D eigenvalue weighted by molar-refractivity contribution is 9.10. The molecular weight excluding hydrogens is 245 g/mol. The summed E-state index contributed by atoms with van der Waals surface area (Å²) in [4.78, 5) is 0. The summed E-state index contributed by atoms with van der Waals surface area (Å²) in [5.74, 6) is 0.607. The Morgan fingerprint density at radius 1 is 1.43 bits per heavy atom. The molecule has 0 bridgehead atoms. The number of rotatable bonds is 2. The third-order valence-corrected chi connectivity index (χ3v) is 3.16. The van der Waals surface area contributed by atoms with E-state index < -0.39 is 0 Å². The van der Waals surface area contributed by atoms with E-state index in [1.54, 1.807) is 12.1 Å². The van der Waals surface area contributed by atoms with Crippen molar-refractivity contribution in [2.24, 2.45) is 5.92 Å². The molecule has 0 spiro atoms. The lowest BCUT2D eigenvalue weighted by Gasteiger charge is -2.34. The van der Waals surface area contributed by atoms with Crippen molar-refractivity contribution in [3.8, 4) is 0 Å². The highest BCUT2D eigenvalue weighted by Gasteiger charge is 2.25. The van der Waals surface area contributed by atoms with Crippen LogP contribution in [0.25, 0.3) is 0 Å². The van der Waals surface area contributed by atoms with Gasteiger partial charge in [0.25, 0.3) is 0 Å². The first kappa shape index (κ1) is 9.97. The molecule has 0 unspecified atom stereocenters. The fourth-order valence-corrected chi connectivity index (χ4v) is 2.21. The summed E-state index contributed by atoms with van der Waals surface area (Å²) < 4.78 is 14.2. The Kier molecular flexibility index (Phi) is 2.77. The van der Waals surface area contributed by atoms with Gasteiger partial charge in [0.15, 0.2) is 0 Å². The van der Waals surface area contributed by atoms with E-state index >= 15 is 0 Å². The molecular formula is C11H13BrFN. The van der Waals surface area contributed by atoms with Gasteiger partial charge in [0.2, 0.25) is 0 Å². The molecule has 3 heteroatoms. The lowest BCUT2D eigenvalue weighted by Crippen LogP contribution is -2.34. The minimum Gasteiger partial charge on any atom is -0.380 e. The normalized spacial score (nSPS) is 25.6. The molecule has 76 valence electrons. The molecule has 0 amide bonds. The monoisotopic (exact) mass is 257 g/mol. The van der Waals surface area contributed by atoms with Crippen LogP contribution in [0.2, 0.25) is 0 Å². The quantitative estimate of drug-likeness (QED) is 0.850. The summed E-state index contributed by atoms with van der Waals surface area (Å²) in [6, 6.07) is 5.44.